The van der Waals surface area contributed by atoms with E-state index in [1.54, 1.807) is 7.05 Å². The molecule has 1 aliphatic carbocycles. The van der Waals surface area contributed by atoms with Gasteiger partial charge in [-0.1, -0.05) is 78.9 Å². The van der Waals surface area contributed by atoms with Crippen LogP contribution in [0.25, 0.3) is 11.1 Å². The molecule has 10 heteroatoms. The van der Waals surface area contributed by atoms with Crippen molar-refractivity contribution in [1.82, 2.24) is 20.0 Å². The fourth-order valence-corrected chi connectivity index (χ4v) is 5.96. The fraction of sp³-hybridized carbons (Fsp3) is 0.250. The average molecular weight is 566 g/mol. The summed E-state index contributed by atoms with van der Waals surface area (Å²) in [6.45, 7) is 1.55. The van der Waals surface area contributed by atoms with Crippen LogP contribution in [-0.2, 0) is 23.1 Å². The van der Waals surface area contributed by atoms with Crippen molar-refractivity contribution in [2.45, 2.75) is 24.4 Å². The van der Waals surface area contributed by atoms with Crippen LogP contribution >= 0.6 is 0 Å². The molecule has 0 saturated carbocycles. The zero-order chi connectivity index (χ0) is 29.3. The van der Waals surface area contributed by atoms with Gasteiger partial charge in [-0.15, -0.1) is 0 Å². The van der Waals surface area contributed by atoms with Crippen molar-refractivity contribution in [2.75, 3.05) is 25.0 Å². The molecule has 1 atom stereocenters. The Kier molecular flexibility index (Phi) is 7.22. The Morgan fingerprint density at radius 1 is 0.976 bits per heavy atom. The van der Waals surface area contributed by atoms with Crippen molar-refractivity contribution in [3.05, 3.63) is 107 Å². The Bertz CT molecular complexity index is 1610. The minimum absolute atomic E-state index is 0.116. The van der Waals surface area contributed by atoms with Crippen LogP contribution in [0.4, 0.5) is 10.6 Å². The molecular weight excluding hydrogens is 534 g/mol. The maximum atomic E-state index is 13.8. The number of aryl methyl sites for hydroxylation is 1. The van der Waals surface area contributed by atoms with Crippen molar-refractivity contribution in [3.8, 4) is 11.1 Å². The molecule has 6 rings (SSSR count). The van der Waals surface area contributed by atoms with Gasteiger partial charge in [0, 0.05) is 38.7 Å². The molecule has 1 aromatic heterocycles. The first-order valence-electron chi connectivity index (χ1n) is 13.8. The molecule has 1 unspecified atom stereocenters. The van der Waals surface area contributed by atoms with E-state index in [0.717, 1.165) is 27.8 Å². The number of carboxylic acids is 1. The maximum Gasteiger partial charge on any atom is 0.408 e. The Hall–Kier alpha value is -4.96. The number of rotatable bonds is 8. The molecule has 0 bridgehead atoms. The van der Waals surface area contributed by atoms with Crippen molar-refractivity contribution in [3.63, 3.8) is 0 Å². The van der Waals surface area contributed by atoms with E-state index in [0.29, 0.717) is 19.5 Å². The number of nitrogens with zero attached hydrogens (tertiary/aromatic N) is 3. The summed E-state index contributed by atoms with van der Waals surface area (Å²) in [6.07, 6.45) is -0.343. The first kappa shape index (κ1) is 27.2. The number of alkyl carbamates (subject to hydrolysis) is 1. The normalized spacial score (nSPS) is 17.8. The highest BCUT2D eigenvalue weighted by Crippen LogP contribution is 2.44. The zero-order valence-corrected chi connectivity index (χ0v) is 23.1. The van der Waals surface area contributed by atoms with Crippen LogP contribution < -0.4 is 10.6 Å². The van der Waals surface area contributed by atoms with Crippen LogP contribution in [0.3, 0.4) is 0 Å². The molecule has 1 aliphatic heterocycles. The van der Waals surface area contributed by atoms with E-state index in [-0.39, 0.29) is 30.6 Å². The second-order valence-corrected chi connectivity index (χ2v) is 10.8. The van der Waals surface area contributed by atoms with Crippen LogP contribution in [0.2, 0.25) is 0 Å². The van der Waals surface area contributed by atoms with Crippen LogP contribution in [-0.4, -0.2) is 63.0 Å². The molecule has 1 saturated heterocycles. The Morgan fingerprint density at radius 2 is 1.62 bits per heavy atom. The van der Waals surface area contributed by atoms with Crippen molar-refractivity contribution < 1.29 is 24.2 Å². The van der Waals surface area contributed by atoms with E-state index in [9.17, 15) is 19.5 Å². The topological polar surface area (TPSA) is 126 Å². The fourth-order valence-electron chi connectivity index (χ4n) is 5.96. The van der Waals surface area contributed by atoms with E-state index in [2.05, 4.69) is 32.8 Å². The van der Waals surface area contributed by atoms with Gasteiger partial charge < -0.3 is 20.5 Å². The molecule has 3 aromatic carbocycles. The summed E-state index contributed by atoms with van der Waals surface area (Å²) in [4.78, 5) is 40.6. The van der Waals surface area contributed by atoms with Gasteiger partial charge in [-0.05, 0) is 34.2 Å². The molecule has 214 valence electrons. The van der Waals surface area contributed by atoms with Gasteiger partial charge in [0.15, 0.2) is 5.69 Å². The smallest absolute Gasteiger partial charge is 0.408 e. The third-order valence-electron chi connectivity index (χ3n) is 8.06. The predicted molar refractivity (Wildman–Crippen MR) is 156 cm³/mol. The molecule has 10 nitrogen and oxygen atoms in total. The number of aromatic nitrogens is 2. The summed E-state index contributed by atoms with van der Waals surface area (Å²) in [6, 6.07) is 27.4. The molecule has 0 spiro atoms. The Balaban J connectivity index is 1.20. The van der Waals surface area contributed by atoms with Crippen LogP contribution in [0.5, 0.6) is 0 Å². The minimum Gasteiger partial charge on any atom is -0.476 e. The molecule has 2 heterocycles. The van der Waals surface area contributed by atoms with Crippen LogP contribution in [0.1, 0.15) is 39.5 Å². The van der Waals surface area contributed by atoms with Gasteiger partial charge in [-0.2, -0.15) is 5.10 Å². The zero-order valence-electron chi connectivity index (χ0n) is 23.1. The van der Waals surface area contributed by atoms with Gasteiger partial charge in [0.2, 0.25) is 0 Å². The molecule has 0 radical (unpaired) electrons. The highest BCUT2D eigenvalue weighted by Gasteiger charge is 2.47. The third-order valence-corrected chi connectivity index (χ3v) is 8.06. The number of anilines is 1. The van der Waals surface area contributed by atoms with Crippen LogP contribution in [0, 0.1) is 0 Å². The highest BCUT2D eigenvalue weighted by atomic mass is 16.5. The number of hydrogen-bond acceptors (Lipinski definition) is 6. The molecule has 2 aliphatic rings. The average Bonchev–Trinajstić information content (AvgIpc) is 3.67. The summed E-state index contributed by atoms with van der Waals surface area (Å²) in [5.74, 6) is -1.57. The summed E-state index contributed by atoms with van der Waals surface area (Å²) in [5.41, 5.74) is 4.05. The predicted octanol–water partition coefficient (Wildman–Crippen LogP) is 4.24. The molecule has 3 N–H and O–H groups in total. The lowest BCUT2D eigenvalue weighted by Crippen LogP contribution is -2.58. The number of nitrogens with one attached hydrogen (secondary N) is 2. The lowest BCUT2D eigenvalue weighted by Gasteiger charge is -2.29. The van der Waals surface area contributed by atoms with Gasteiger partial charge in [0.25, 0.3) is 5.91 Å². The van der Waals surface area contributed by atoms with Crippen molar-refractivity contribution >= 4 is 23.8 Å². The lowest BCUT2D eigenvalue weighted by atomic mass is 9.97. The summed E-state index contributed by atoms with van der Waals surface area (Å²) in [5, 5.41) is 18.9. The number of carbonyl (C=O) groups excluding carboxylic acids is 2. The maximum absolute atomic E-state index is 13.8. The molecule has 42 heavy (non-hydrogen) atoms. The number of fused-ring (bicyclic) bond motifs is 3. The van der Waals surface area contributed by atoms with Gasteiger partial charge >= 0.3 is 12.1 Å². The summed E-state index contributed by atoms with van der Waals surface area (Å²) in [7, 11) is 1.55. The van der Waals surface area contributed by atoms with E-state index in [1.165, 1.54) is 10.7 Å². The van der Waals surface area contributed by atoms with E-state index < -0.39 is 23.5 Å². The number of hydrogen-bond donors (Lipinski definition) is 3. The van der Waals surface area contributed by atoms with Gasteiger partial charge in [-0.25, -0.2) is 9.59 Å². The van der Waals surface area contributed by atoms with Crippen molar-refractivity contribution in [1.29, 1.82) is 0 Å². The number of amides is 2. The van der Waals surface area contributed by atoms with Gasteiger partial charge in [0.05, 0.1) is 0 Å². The Morgan fingerprint density at radius 3 is 2.26 bits per heavy atom. The SMILES string of the molecule is Cn1nc(C(=O)O)cc1NC(=O)C1(NC(=O)OCC2c3ccccc3-c3ccccc32)CCN(Cc2ccccc2)C1. The molecule has 4 aromatic rings. The number of benzene rings is 3. The second-order valence-electron chi connectivity index (χ2n) is 10.8. The summed E-state index contributed by atoms with van der Waals surface area (Å²) >= 11 is 0. The number of carbonyl (C=O) groups is 3. The third kappa shape index (κ3) is 5.24. The summed E-state index contributed by atoms with van der Waals surface area (Å²) < 4.78 is 7.09. The Labute approximate surface area is 242 Å². The molecule has 2 amide bonds. The monoisotopic (exact) mass is 565 g/mol. The number of aromatic carboxylic acids is 1. The molecular formula is C32H31N5O5. The number of likely N-dealkylation sites (tertiary alicyclic amines) is 1. The molecule has 1 fully saturated rings. The highest BCUT2D eigenvalue weighted by molar-refractivity contribution is 6.00. The van der Waals surface area contributed by atoms with Crippen molar-refractivity contribution in [2.24, 2.45) is 7.05 Å². The first-order valence-corrected chi connectivity index (χ1v) is 13.8. The number of carboxylic acid groups (broad SMARTS) is 1. The van der Waals surface area contributed by atoms with Gasteiger partial charge in [-0.3, -0.25) is 14.4 Å². The van der Waals surface area contributed by atoms with E-state index >= 15 is 0 Å². The largest absolute Gasteiger partial charge is 0.476 e. The van der Waals surface area contributed by atoms with Gasteiger partial charge in [0.1, 0.15) is 18.0 Å². The standard InChI is InChI=1S/C32H31N5O5/c1-36-28(17-27(35-36)29(38)39)33-30(40)32(15-16-37(20-32)18-21-9-3-2-4-10-21)34-31(41)42-19-26-24-13-7-5-11-22(24)23-12-6-8-14-25(23)26/h2-14,17,26H,15-16,18-20H2,1H3,(H,33,40)(H,34,41)(H,38,39). The van der Waals surface area contributed by atoms with E-state index in [4.69, 9.17) is 4.74 Å². The minimum atomic E-state index is -1.30. The van der Waals surface area contributed by atoms with E-state index in [1.807, 2.05) is 66.7 Å². The first-order chi connectivity index (χ1) is 20.3. The quantitative estimate of drug-likeness (QED) is 0.292. The van der Waals surface area contributed by atoms with Crippen LogP contribution in [0.15, 0.2) is 84.9 Å². The lowest BCUT2D eigenvalue weighted by molar-refractivity contribution is -0.122. The number of ether oxygens (including phenoxy) is 1. The second kappa shape index (κ2) is 11.1.